The second-order valence-electron chi connectivity index (χ2n) is 10.0. The summed E-state index contributed by atoms with van der Waals surface area (Å²) in [6, 6.07) is 27.0. The van der Waals surface area contributed by atoms with Gasteiger partial charge < -0.3 is 0 Å². The van der Waals surface area contributed by atoms with Crippen molar-refractivity contribution < 1.29 is 14.4 Å². The molecule has 186 valence electrons. The number of benzene rings is 3. The SMILES string of the molecule is Cc1ccc(N2C(=O)[C@@H]3[C@@H](C2=O)C2c4ccccc4C3(/C=N\NC(=O)c3cccs3)c3ccccc32)cc1. The summed E-state index contributed by atoms with van der Waals surface area (Å²) in [4.78, 5) is 43.0. The molecule has 2 atom stereocenters. The van der Waals surface area contributed by atoms with E-state index < -0.39 is 17.3 Å². The molecule has 4 aromatic rings. The van der Waals surface area contributed by atoms with Crippen LogP contribution in [-0.2, 0) is 15.0 Å². The van der Waals surface area contributed by atoms with Gasteiger partial charge in [-0.1, -0.05) is 72.3 Å². The summed E-state index contributed by atoms with van der Waals surface area (Å²) < 4.78 is 0. The van der Waals surface area contributed by atoms with Crippen molar-refractivity contribution in [3.05, 3.63) is 123 Å². The van der Waals surface area contributed by atoms with Gasteiger partial charge in [0, 0.05) is 12.1 Å². The van der Waals surface area contributed by atoms with Crippen LogP contribution in [0.2, 0.25) is 0 Å². The number of thiophene rings is 1. The number of imide groups is 1. The standard InChI is InChI=1S/C31H23N3O3S/c1-18-12-14-19(15-13-18)34-29(36)26-25-20-7-2-4-9-22(20)31(27(26)30(34)37,23-10-5-3-8-21(23)25)17-32-33-28(35)24-11-6-16-38-24/h2-17,25-27H,1H3,(H,33,35)/b32-17-/t25?,26-,27-,31?/m0/s1. The number of aryl methyl sites for hydroxylation is 1. The fourth-order valence-corrected chi connectivity index (χ4v) is 7.27. The van der Waals surface area contributed by atoms with E-state index in [1.54, 1.807) is 12.3 Å². The van der Waals surface area contributed by atoms with Gasteiger partial charge in [-0.15, -0.1) is 11.3 Å². The molecule has 0 spiro atoms. The van der Waals surface area contributed by atoms with Crippen molar-refractivity contribution in [2.45, 2.75) is 18.3 Å². The zero-order valence-electron chi connectivity index (χ0n) is 20.5. The molecule has 3 aliphatic carbocycles. The number of hydrazone groups is 1. The second-order valence-corrected chi connectivity index (χ2v) is 11.0. The van der Waals surface area contributed by atoms with E-state index in [4.69, 9.17) is 0 Å². The first kappa shape index (κ1) is 22.8. The Morgan fingerprint density at radius 2 is 1.55 bits per heavy atom. The monoisotopic (exact) mass is 517 g/mol. The summed E-state index contributed by atoms with van der Waals surface area (Å²) >= 11 is 1.33. The Kier molecular flexibility index (Phi) is 5.00. The Labute approximate surface area is 223 Å². The van der Waals surface area contributed by atoms with Gasteiger partial charge in [0.2, 0.25) is 11.8 Å². The molecule has 1 aromatic heterocycles. The maximum atomic E-state index is 14.3. The van der Waals surface area contributed by atoms with E-state index >= 15 is 0 Å². The summed E-state index contributed by atoms with van der Waals surface area (Å²) in [7, 11) is 0. The number of rotatable bonds is 4. The Bertz CT molecular complexity index is 1590. The molecule has 0 saturated carbocycles. The van der Waals surface area contributed by atoms with Gasteiger partial charge >= 0.3 is 0 Å². The van der Waals surface area contributed by atoms with Crippen LogP contribution in [0.25, 0.3) is 0 Å². The van der Waals surface area contributed by atoms with E-state index in [2.05, 4.69) is 10.5 Å². The van der Waals surface area contributed by atoms with Gasteiger partial charge in [-0.05, 0) is 52.8 Å². The summed E-state index contributed by atoms with van der Waals surface area (Å²) in [5, 5.41) is 6.28. The van der Waals surface area contributed by atoms with Crippen molar-refractivity contribution in [3.63, 3.8) is 0 Å². The Balaban J connectivity index is 1.43. The Morgan fingerprint density at radius 3 is 2.18 bits per heavy atom. The molecule has 3 aromatic carbocycles. The second kappa shape index (κ2) is 8.33. The molecule has 8 rings (SSSR count). The molecular weight excluding hydrogens is 494 g/mol. The third-order valence-corrected chi connectivity index (χ3v) is 9.02. The predicted octanol–water partition coefficient (Wildman–Crippen LogP) is 5.02. The van der Waals surface area contributed by atoms with Gasteiger partial charge in [0.05, 0.1) is 27.8 Å². The number of nitrogens with zero attached hydrogens (tertiary/aromatic N) is 2. The Morgan fingerprint density at radius 1 is 0.895 bits per heavy atom. The molecule has 1 N–H and O–H groups in total. The molecule has 1 saturated heterocycles. The molecule has 1 fully saturated rings. The first-order chi connectivity index (χ1) is 18.5. The molecule has 3 amide bonds. The van der Waals surface area contributed by atoms with Gasteiger partial charge in [-0.25, -0.2) is 10.3 Å². The number of hydrogen-bond donors (Lipinski definition) is 1. The first-order valence-electron chi connectivity index (χ1n) is 12.5. The van der Waals surface area contributed by atoms with Crippen LogP contribution >= 0.6 is 11.3 Å². The maximum Gasteiger partial charge on any atom is 0.281 e. The molecule has 7 heteroatoms. The van der Waals surface area contributed by atoms with Gasteiger partial charge in [0.1, 0.15) is 0 Å². The minimum atomic E-state index is -1.01. The van der Waals surface area contributed by atoms with Crippen LogP contribution in [0.3, 0.4) is 0 Å². The average Bonchev–Trinajstić information content (AvgIpc) is 3.57. The van der Waals surface area contributed by atoms with Crippen molar-refractivity contribution in [1.82, 2.24) is 5.43 Å². The van der Waals surface area contributed by atoms with Gasteiger partial charge in [0.25, 0.3) is 5.91 Å². The lowest BCUT2D eigenvalue weighted by atomic mass is 9.47. The number of hydrogen-bond acceptors (Lipinski definition) is 5. The molecule has 2 heterocycles. The van der Waals surface area contributed by atoms with Crippen molar-refractivity contribution in [3.8, 4) is 0 Å². The lowest BCUT2D eigenvalue weighted by Gasteiger charge is -2.52. The number of nitrogens with one attached hydrogen (secondary N) is 1. The number of anilines is 1. The minimum absolute atomic E-state index is 0.196. The van der Waals surface area contributed by atoms with Gasteiger partial charge in [-0.2, -0.15) is 5.10 Å². The molecule has 4 aliphatic rings. The van der Waals surface area contributed by atoms with E-state index in [1.807, 2.05) is 91.2 Å². The fourth-order valence-electron chi connectivity index (χ4n) is 6.65. The van der Waals surface area contributed by atoms with Crippen LogP contribution in [0.15, 0.2) is 95.4 Å². The van der Waals surface area contributed by atoms with Gasteiger partial charge in [-0.3, -0.25) is 14.4 Å². The van der Waals surface area contributed by atoms with E-state index in [1.165, 1.54) is 16.2 Å². The number of amides is 3. The predicted molar refractivity (Wildman–Crippen MR) is 146 cm³/mol. The zero-order valence-corrected chi connectivity index (χ0v) is 21.3. The number of carbonyl (C=O) groups excluding carboxylic acids is 3. The van der Waals surface area contributed by atoms with Crippen molar-refractivity contribution >= 4 is 41.0 Å². The maximum absolute atomic E-state index is 14.3. The lowest BCUT2D eigenvalue weighted by molar-refractivity contribution is -0.122. The Hall–Kier alpha value is -4.36. The van der Waals surface area contributed by atoms with Crippen LogP contribution in [-0.4, -0.2) is 23.9 Å². The normalized spacial score (nSPS) is 24.9. The van der Waals surface area contributed by atoms with Crippen molar-refractivity contribution in [1.29, 1.82) is 0 Å². The molecular formula is C31H23N3O3S. The fraction of sp³-hybridized carbons (Fsp3) is 0.161. The van der Waals surface area contributed by atoms with Crippen molar-refractivity contribution in [2.75, 3.05) is 4.90 Å². The largest absolute Gasteiger partial charge is 0.281 e. The highest BCUT2D eigenvalue weighted by molar-refractivity contribution is 7.12. The van der Waals surface area contributed by atoms with E-state index in [9.17, 15) is 14.4 Å². The summed E-state index contributed by atoms with van der Waals surface area (Å²) in [6.07, 6.45) is 1.69. The molecule has 38 heavy (non-hydrogen) atoms. The third kappa shape index (κ3) is 2.99. The van der Waals surface area contributed by atoms with Gasteiger partial charge in [0.15, 0.2) is 0 Å². The highest BCUT2D eigenvalue weighted by Gasteiger charge is 2.68. The van der Waals surface area contributed by atoms with Crippen LogP contribution in [0.5, 0.6) is 0 Å². The molecule has 0 unspecified atom stereocenters. The van der Waals surface area contributed by atoms with Crippen molar-refractivity contribution in [2.24, 2.45) is 16.9 Å². The molecule has 2 bridgehead atoms. The summed E-state index contributed by atoms with van der Waals surface area (Å²) in [5.74, 6) is -2.26. The smallest absolute Gasteiger partial charge is 0.274 e. The zero-order chi connectivity index (χ0) is 26.0. The van der Waals surface area contributed by atoms with E-state index in [0.717, 1.165) is 27.8 Å². The molecule has 0 radical (unpaired) electrons. The lowest BCUT2D eigenvalue weighted by Crippen LogP contribution is -2.54. The highest BCUT2D eigenvalue weighted by atomic mass is 32.1. The quantitative estimate of drug-likeness (QED) is 0.235. The van der Waals surface area contributed by atoms with E-state index in [-0.39, 0.29) is 23.6 Å². The summed E-state index contributed by atoms with van der Waals surface area (Å²) in [5.41, 5.74) is 7.22. The van der Waals surface area contributed by atoms with E-state index in [0.29, 0.717) is 10.6 Å². The first-order valence-corrected chi connectivity index (χ1v) is 13.4. The van der Waals surface area contributed by atoms with Crippen LogP contribution < -0.4 is 10.3 Å². The summed E-state index contributed by atoms with van der Waals surface area (Å²) in [6.45, 7) is 1.97. The third-order valence-electron chi connectivity index (χ3n) is 8.16. The topological polar surface area (TPSA) is 78.8 Å². The number of carbonyl (C=O) groups is 3. The highest BCUT2D eigenvalue weighted by Crippen LogP contribution is 2.63. The van der Waals surface area contributed by atoms with Crippen LogP contribution in [0.4, 0.5) is 5.69 Å². The van der Waals surface area contributed by atoms with Crippen LogP contribution in [0, 0.1) is 18.8 Å². The minimum Gasteiger partial charge on any atom is -0.274 e. The molecule has 1 aliphatic heterocycles. The molecule has 6 nitrogen and oxygen atoms in total. The average molecular weight is 518 g/mol. The van der Waals surface area contributed by atoms with Crippen LogP contribution in [0.1, 0.15) is 43.4 Å².